The van der Waals surface area contributed by atoms with Gasteiger partial charge in [0.2, 0.25) is 0 Å². The summed E-state index contributed by atoms with van der Waals surface area (Å²) in [5, 5.41) is 9.01. The van der Waals surface area contributed by atoms with E-state index in [2.05, 4.69) is 15.9 Å². The summed E-state index contributed by atoms with van der Waals surface area (Å²) in [6, 6.07) is 2.77. The largest absolute Gasteiger partial charge is 0.508 e. The Hall–Kier alpha value is -0.570. The van der Waals surface area contributed by atoms with Crippen molar-refractivity contribution in [2.45, 2.75) is 6.92 Å². The van der Waals surface area contributed by atoms with E-state index in [9.17, 15) is 4.39 Å². The zero-order chi connectivity index (χ0) is 7.72. The monoisotopic (exact) mass is 204 g/mol. The lowest BCUT2D eigenvalue weighted by molar-refractivity contribution is 0.462. The summed E-state index contributed by atoms with van der Waals surface area (Å²) in [7, 11) is 0. The van der Waals surface area contributed by atoms with Crippen molar-refractivity contribution in [2.24, 2.45) is 0 Å². The molecule has 10 heavy (non-hydrogen) atoms. The van der Waals surface area contributed by atoms with E-state index < -0.39 is 5.82 Å². The third kappa shape index (κ3) is 1.29. The molecule has 1 aromatic rings. The Morgan fingerprint density at radius 1 is 1.50 bits per heavy atom. The van der Waals surface area contributed by atoms with Crippen molar-refractivity contribution < 1.29 is 9.50 Å². The van der Waals surface area contributed by atoms with Crippen molar-refractivity contribution in [2.75, 3.05) is 0 Å². The van der Waals surface area contributed by atoms with Gasteiger partial charge in [0.05, 0.1) is 0 Å². The molecule has 0 unspecified atom stereocenters. The van der Waals surface area contributed by atoms with Crippen LogP contribution in [0.3, 0.4) is 0 Å². The lowest BCUT2D eigenvalue weighted by atomic mass is 10.2. The first kappa shape index (κ1) is 7.54. The predicted molar refractivity (Wildman–Crippen MR) is 40.5 cm³/mol. The molecule has 0 bridgehead atoms. The number of benzene rings is 1. The molecule has 0 aliphatic carbocycles. The second-order valence-electron chi connectivity index (χ2n) is 2.03. The second-order valence-corrected chi connectivity index (χ2v) is 2.95. The van der Waals surface area contributed by atoms with Crippen LogP contribution in [-0.2, 0) is 0 Å². The van der Waals surface area contributed by atoms with E-state index in [1.54, 1.807) is 0 Å². The highest BCUT2D eigenvalue weighted by molar-refractivity contribution is 9.10. The summed E-state index contributed by atoms with van der Waals surface area (Å²) in [5.74, 6) is -0.418. The van der Waals surface area contributed by atoms with Crippen molar-refractivity contribution >= 4 is 15.9 Å². The second kappa shape index (κ2) is 2.58. The van der Waals surface area contributed by atoms with E-state index in [-0.39, 0.29) is 11.3 Å². The lowest BCUT2D eigenvalue weighted by Crippen LogP contribution is -1.81. The third-order valence-corrected chi connectivity index (χ3v) is 1.74. The van der Waals surface area contributed by atoms with Crippen molar-refractivity contribution in [3.05, 3.63) is 28.0 Å². The maximum atomic E-state index is 12.7. The number of phenols is 1. The van der Waals surface area contributed by atoms with Gasteiger partial charge in [-0.05, 0) is 19.1 Å². The zero-order valence-corrected chi connectivity index (χ0v) is 6.94. The van der Waals surface area contributed by atoms with Crippen LogP contribution in [0.5, 0.6) is 5.75 Å². The lowest BCUT2D eigenvalue weighted by Gasteiger charge is -1.99. The molecule has 1 rings (SSSR count). The molecule has 54 valence electrons. The van der Waals surface area contributed by atoms with Gasteiger partial charge in [-0.1, -0.05) is 15.9 Å². The smallest absolute Gasteiger partial charge is 0.130 e. The van der Waals surface area contributed by atoms with Crippen molar-refractivity contribution in [3.63, 3.8) is 0 Å². The first-order valence-electron chi connectivity index (χ1n) is 2.76. The van der Waals surface area contributed by atoms with Crippen LogP contribution in [0, 0.1) is 12.7 Å². The van der Waals surface area contributed by atoms with Gasteiger partial charge in [0.15, 0.2) is 0 Å². The number of halogens is 2. The number of hydrogen-bond donors (Lipinski definition) is 1. The molecule has 0 atom stereocenters. The van der Waals surface area contributed by atoms with Gasteiger partial charge in [-0.15, -0.1) is 0 Å². The average molecular weight is 205 g/mol. The van der Waals surface area contributed by atoms with E-state index in [0.717, 1.165) is 0 Å². The Labute approximate surface area is 66.6 Å². The maximum absolute atomic E-state index is 12.7. The maximum Gasteiger partial charge on any atom is 0.130 e. The molecule has 0 saturated heterocycles. The van der Waals surface area contributed by atoms with E-state index in [4.69, 9.17) is 5.11 Å². The minimum Gasteiger partial charge on any atom is -0.508 e. The summed E-state index contributed by atoms with van der Waals surface area (Å²) in [4.78, 5) is 0. The summed E-state index contributed by atoms with van der Waals surface area (Å²) in [5.41, 5.74) is 0.281. The van der Waals surface area contributed by atoms with E-state index >= 15 is 0 Å². The Balaban J connectivity index is 3.31. The van der Waals surface area contributed by atoms with Gasteiger partial charge in [0.1, 0.15) is 11.6 Å². The molecule has 0 saturated carbocycles. The molecule has 0 aliphatic rings. The first-order chi connectivity index (χ1) is 4.61. The Morgan fingerprint density at radius 3 is 2.60 bits per heavy atom. The average Bonchev–Trinajstić information content (AvgIpc) is 1.82. The summed E-state index contributed by atoms with van der Waals surface area (Å²) in [6.45, 7) is 1.52. The Bertz CT molecular complexity index is 237. The predicted octanol–water partition coefficient (Wildman–Crippen LogP) is 2.60. The van der Waals surface area contributed by atoms with Crippen LogP contribution in [-0.4, -0.2) is 5.11 Å². The number of aromatic hydroxyl groups is 1. The fraction of sp³-hybridized carbons (Fsp3) is 0.143. The summed E-state index contributed by atoms with van der Waals surface area (Å²) in [6.07, 6.45) is 0. The number of phenolic OH excluding ortho intramolecular Hbond substituents is 1. The highest BCUT2D eigenvalue weighted by atomic mass is 79.9. The first-order valence-corrected chi connectivity index (χ1v) is 3.55. The van der Waals surface area contributed by atoms with Crippen LogP contribution in [0.4, 0.5) is 4.39 Å². The fourth-order valence-electron chi connectivity index (χ4n) is 0.632. The molecule has 0 aliphatic heterocycles. The van der Waals surface area contributed by atoms with Gasteiger partial charge in [-0.25, -0.2) is 4.39 Å². The quantitative estimate of drug-likeness (QED) is 0.690. The third-order valence-electron chi connectivity index (χ3n) is 1.28. The van der Waals surface area contributed by atoms with Gasteiger partial charge < -0.3 is 5.11 Å². The molecule has 0 spiro atoms. The molecule has 1 nitrogen and oxygen atoms in total. The molecular weight excluding hydrogens is 199 g/mol. The van der Waals surface area contributed by atoms with Crippen LogP contribution in [0.15, 0.2) is 16.6 Å². The molecule has 1 aromatic carbocycles. The molecule has 0 fully saturated rings. The van der Waals surface area contributed by atoms with Gasteiger partial charge in [0.25, 0.3) is 0 Å². The molecule has 0 heterocycles. The fourth-order valence-corrected chi connectivity index (χ4v) is 1.05. The van der Waals surface area contributed by atoms with Gasteiger partial charge in [0, 0.05) is 10.0 Å². The Kier molecular flexibility index (Phi) is 1.94. The normalized spacial score (nSPS) is 9.90. The number of rotatable bonds is 0. The van der Waals surface area contributed by atoms with Gasteiger partial charge in [-0.3, -0.25) is 0 Å². The molecule has 3 heteroatoms. The van der Waals surface area contributed by atoms with Crippen LogP contribution < -0.4 is 0 Å². The standard InChI is InChI=1S/C7H6BrFO/c1-4-6(9)2-5(8)3-7(4)10/h2-3,10H,1H3. The van der Waals surface area contributed by atoms with Gasteiger partial charge in [-0.2, -0.15) is 0 Å². The van der Waals surface area contributed by atoms with Crippen LogP contribution in [0.25, 0.3) is 0 Å². The topological polar surface area (TPSA) is 20.2 Å². The van der Waals surface area contributed by atoms with E-state index in [0.29, 0.717) is 4.47 Å². The highest BCUT2D eigenvalue weighted by Crippen LogP contribution is 2.24. The summed E-state index contributed by atoms with van der Waals surface area (Å²) >= 11 is 3.05. The summed E-state index contributed by atoms with van der Waals surface area (Å²) < 4.78 is 13.2. The minimum atomic E-state index is -0.396. The van der Waals surface area contributed by atoms with Gasteiger partial charge >= 0.3 is 0 Å². The minimum absolute atomic E-state index is 0.0214. The van der Waals surface area contributed by atoms with E-state index in [1.165, 1.54) is 19.1 Å². The number of hydrogen-bond acceptors (Lipinski definition) is 1. The highest BCUT2D eigenvalue weighted by Gasteiger charge is 2.02. The van der Waals surface area contributed by atoms with Crippen LogP contribution in [0.1, 0.15) is 5.56 Å². The molecule has 0 amide bonds. The van der Waals surface area contributed by atoms with Crippen molar-refractivity contribution in [3.8, 4) is 5.75 Å². The van der Waals surface area contributed by atoms with Crippen molar-refractivity contribution in [1.82, 2.24) is 0 Å². The van der Waals surface area contributed by atoms with E-state index in [1.807, 2.05) is 0 Å². The Morgan fingerprint density at radius 2 is 2.10 bits per heavy atom. The van der Waals surface area contributed by atoms with Crippen LogP contribution >= 0.6 is 15.9 Å². The molecular formula is C7H6BrFO. The van der Waals surface area contributed by atoms with Crippen molar-refractivity contribution in [1.29, 1.82) is 0 Å². The molecule has 1 N–H and O–H groups in total. The van der Waals surface area contributed by atoms with Crippen LogP contribution in [0.2, 0.25) is 0 Å². The molecule has 0 aromatic heterocycles. The zero-order valence-electron chi connectivity index (χ0n) is 5.36. The molecule has 0 radical (unpaired) electrons. The SMILES string of the molecule is Cc1c(O)cc(Br)cc1F.